The van der Waals surface area contributed by atoms with Crippen LogP contribution in [0.5, 0.6) is 5.75 Å². The Morgan fingerprint density at radius 1 is 1.09 bits per heavy atom. The van der Waals surface area contributed by atoms with Gasteiger partial charge >= 0.3 is 12.0 Å². The highest BCUT2D eigenvalue weighted by molar-refractivity contribution is 5.91. The molecule has 0 radical (unpaired) electrons. The Bertz CT molecular complexity index is 1220. The van der Waals surface area contributed by atoms with Crippen molar-refractivity contribution in [1.82, 2.24) is 9.88 Å². The molecule has 0 aliphatic rings. The summed E-state index contributed by atoms with van der Waals surface area (Å²) in [7, 11) is 1.51. The molecule has 1 atom stereocenters. The van der Waals surface area contributed by atoms with E-state index in [1.165, 1.54) is 29.4 Å². The summed E-state index contributed by atoms with van der Waals surface area (Å²) in [5, 5.41) is 15.1. The van der Waals surface area contributed by atoms with Gasteiger partial charge in [0.1, 0.15) is 5.75 Å². The Labute approximate surface area is 198 Å². The minimum Gasteiger partial charge on any atom is -0.505 e. The lowest BCUT2D eigenvalue weighted by atomic mass is 9.97. The smallest absolute Gasteiger partial charge is 0.319 e. The van der Waals surface area contributed by atoms with Crippen LogP contribution in [0.3, 0.4) is 0 Å². The highest BCUT2D eigenvalue weighted by Crippen LogP contribution is 2.22. The zero-order valence-corrected chi connectivity index (χ0v) is 19.5. The van der Waals surface area contributed by atoms with Crippen molar-refractivity contribution < 1.29 is 19.4 Å². The molecule has 0 unspecified atom stereocenters. The molecule has 3 rings (SSSR count). The molecule has 1 heterocycles. The zero-order chi connectivity index (χ0) is 24.7. The first-order valence-electron chi connectivity index (χ1n) is 11.0. The number of hydrogen-bond acceptors (Lipinski definition) is 5. The SMILES string of the molecule is CCOC(=O)C[C@H](NC(=O)Nc1c(O)ccn(C)c1=O)c1cccc(Cc2ccc(C)cc2)c1. The third-order valence-corrected chi connectivity index (χ3v) is 5.35. The third kappa shape index (κ3) is 6.48. The van der Waals surface area contributed by atoms with E-state index in [2.05, 4.69) is 34.9 Å². The first-order valence-corrected chi connectivity index (χ1v) is 11.0. The van der Waals surface area contributed by atoms with Crippen molar-refractivity contribution in [3.8, 4) is 5.75 Å². The Kier molecular flexibility index (Phi) is 8.08. The molecule has 0 aliphatic carbocycles. The maximum absolute atomic E-state index is 12.7. The number of rotatable bonds is 8. The molecule has 3 aromatic rings. The van der Waals surface area contributed by atoms with E-state index in [9.17, 15) is 19.5 Å². The van der Waals surface area contributed by atoms with Crippen molar-refractivity contribution in [2.45, 2.75) is 32.7 Å². The van der Waals surface area contributed by atoms with Gasteiger partial charge in [0.2, 0.25) is 0 Å². The second-order valence-corrected chi connectivity index (χ2v) is 8.06. The quantitative estimate of drug-likeness (QED) is 0.440. The van der Waals surface area contributed by atoms with E-state index < -0.39 is 23.6 Å². The van der Waals surface area contributed by atoms with Gasteiger partial charge in [0.05, 0.1) is 19.1 Å². The van der Waals surface area contributed by atoms with Gasteiger partial charge in [-0.25, -0.2) is 4.79 Å². The summed E-state index contributed by atoms with van der Waals surface area (Å²) < 4.78 is 6.32. The van der Waals surface area contributed by atoms with E-state index in [1.807, 2.05) is 31.2 Å². The standard InChI is InChI=1S/C26H29N3O5/c1-4-34-23(31)16-21(27-26(33)28-24-22(30)12-13-29(3)25(24)32)20-7-5-6-19(15-20)14-18-10-8-17(2)9-11-18/h5-13,15,21,30H,4,14,16H2,1-3H3,(H2,27,28,33)/t21-/m0/s1. The monoisotopic (exact) mass is 463 g/mol. The molecular weight excluding hydrogens is 434 g/mol. The largest absolute Gasteiger partial charge is 0.505 e. The average Bonchev–Trinajstić information content (AvgIpc) is 2.81. The molecule has 0 spiro atoms. The van der Waals surface area contributed by atoms with E-state index in [1.54, 1.807) is 6.92 Å². The lowest BCUT2D eigenvalue weighted by molar-refractivity contribution is -0.143. The van der Waals surface area contributed by atoms with Gasteiger partial charge in [-0.2, -0.15) is 0 Å². The number of anilines is 1. The minimum atomic E-state index is -0.725. The first-order chi connectivity index (χ1) is 16.3. The number of aromatic hydroxyl groups is 1. The molecule has 0 fully saturated rings. The minimum absolute atomic E-state index is 0.0893. The van der Waals surface area contributed by atoms with Crippen molar-refractivity contribution in [3.05, 3.63) is 93.4 Å². The summed E-state index contributed by atoms with van der Waals surface area (Å²) in [6.07, 6.45) is 2.00. The number of carbonyl (C=O) groups is 2. The lowest BCUT2D eigenvalue weighted by Gasteiger charge is -2.20. The van der Waals surface area contributed by atoms with Crippen molar-refractivity contribution in [2.75, 3.05) is 11.9 Å². The maximum atomic E-state index is 12.7. The van der Waals surface area contributed by atoms with Crippen LogP contribution in [0, 0.1) is 6.92 Å². The number of hydrogen-bond donors (Lipinski definition) is 3. The fourth-order valence-corrected chi connectivity index (χ4v) is 3.54. The lowest BCUT2D eigenvalue weighted by Crippen LogP contribution is -2.36. The van der Waals surface area contributed by atoms with Crippen LogP contribution >= 0.6 is 0 Å². The van der Waals surface area contributed by atoms with Crippen molar-refractivity contribution in [3.63, 3.8) is 0 Å². The molecule has 8 nitrogen and oxygen atoms in total. The fourth-order valence-electron chi connectivity index (χ4n) is 3.54. The molecule has 2 amide bonds. The number of carbonyl (C=O) groups excluding carboxylic acids is 2. The van der Waals surface area contributed by atoms with Crippen LogP contribution in [-0.4, -0.2) is 28.3 Å². The second kappa shape index (κ2) is 11.2. The molecule has 0 bridgehead atoms. The number of esters is 1. The molecular formula is C26H29N3O5. The molecule has 0 saturated carbocycles. The normalized spacial score (nSPS) is 11.5. The van der Waals surface area contributed by atoms with E-state index in [0.717, 1.165) is 16.7 Å². The number of amides is 2. The van der Waals surface area contributed by atoms with Crippen LogP contribution < -0.4 is 16.2 Å². The van der Waals surface area contributed by atoms with Crippen LogP contribution in [0.25, 0.3) is 0 Å². The van der Waals surface area contributed by atoms with Gasteiger partial charge in [0.25, 0.3) is 5.56 Å². The van der Waals surface area contributed by atoms with Gasteiger partial charge in [-0.3, -0.25) is 9.59 Å². The number of ether oxygens (including phenoxy) is 1. The van der Waals surface area contributed by atoms with E-state index >= 15 is 0 Å². The Morgan fingerprint density at radius 3 is 2.53 bits per heavy atom. The van der Waals surface area contributed by atoms with Gasteiger partial charge in [0, 0.05) is 13.2 Å². The van der Waals surface area contributed by atoms with Gasteiger partial charge < -0.3 is 25.0 Å². The molecule has 1 aromatic heterocycles. The number of nitrogens with one attached hydrogen (secondary N) is 2. The molecule has 178 valence electrons. The van der Waals surface area contributed by atoms with Crippen LogP contribution in [0.4, 0.5) is 10.5 Å². The predicted octanol–water partition coefficient (Wildman–Crippen LogP) is 3.81. The number of pyridine rings is 1. The van der Waals surface area contributed by atoms with E-state index in [0.29, 0.717) is 6.42 Å². The molecule has 8 heteroatoms. The van der Waals surface area contributed by atoms with Gasteiger partial charge in [0.15, 0.2) is 5.69 Å². The van der Waals surface area contributed by atoms with Gasteiger partial charge in [-0.1, -0.05) is 54.1 Å². The fraction of sp³-hybridized carbons (Fsp3) is 0.269. The maximum Gasteiger partial charge on any atom is 0.319 e. The summed E-state index contributed by atoms with van der Waals surface area (Å²) in [6, 6.07) is 15.7. The Balaban J connectivity index is 1.82. The number of benzene rings is 2. The molecule has 2 aromatic carbocycles. The van der Waals surface area contributed by atoms with Crippen LogP contribution in [0.15, 0.2) is 65.6 Å². The zero-order valence-electron chi connectivity index (χ0n) is 19.5. The first kappa shape index (κ1) is 24.6. The van der Waals surface area contributed by atoms with Crippen LogP contribution in [0.2, 0.25) is 0 Å². The Hall–Kier alpha value is -4.07. The molecule has 3 N–H and O–H groups in total. The van der Waals surface area contributed by atoms with Crippen LogP contribution in [-0.2, 0) is 23.0 Å². The van der Waals surface area contributed by atoms with Gasteiger partial charge in [-0.15, -0.1) is 0 Å². The van der Waals surface area contributed by atoms with Crippen molar-refractivity contribution >= 4 is 17.7 Å². The molecule has 0 saturated heterocycles. The van der Waals surface area contributed by atoms with Gasteiger partial charge in [-0.05, 0) is 43.0 Å². The Morgan fingerprint density at radius 2 is 1.82 bits per heavy atom. The number of aryl methyl sites for hydroxylation is 2. The summed E-state index contributed by atoms with van der Waals surface area (Å²) in [5.74, 6) is -0.810. The van der Waals surface area contributed by atoms with E-state index in [4.69, 9.17) is 4.74 Å². The highest BCUT2D eigenvalue weighted by atomic mass is 16.5. The average molecular weight is 464 g/mol. The summed E-state index contributed by atoms with van der Waals surface area (Å²) >= 11 is 0. The summed E-state index contributed by atoms with van der Waals surface area (Å²) in [5.41, 5.74) is 3.26. The number of urea groups is 1. The summed E-state index contributed by atoms with van der Waals surface area (Å²) in [4.78, 5) is 37.2. The summed E-state index contributed by atoms with van der Waals surface area (Å²) in [6.45, 7) is 3.97. The number of nitrogens with zero attached hydrogens (tertiary/aromatic N) is 1. The molecule has 34 heavy (non-hydrogen) atoms. The highest BCUT2D eigenvalue weighted by Gasteiger charge is 2.21. The second-order valence-electron chi connectivity index (χ2n) is 8.06. The van der Waals surface area contributed by atoms with E-state index in [-0.39, 0.29) is 24.5 Å². The molecule has 0 aliphatic heterocycles. The van der Waals surface area contributed by atoms with Crippen molar-refractivity contribution in [1.29, 1.82) is 0 Å². The third-order valence-electron chi connectivity index (χ3n) is 5.35. The number of aromatic nitrogens is 1. The predicted molar refractivity (Wildman–Crippen MR) is 130 cm³/mol. The van der Waals surface area contributed by atoms with Crippen molar-refractivity contribution in [2.24, 2.45) is 7.05 Å². The van der Waals surface area contributed by atoms with Crippen LogP contribution in [0.1, 0.15) is 41.6 Å². The topological polar surface area (TPSA) is 110 Å².